The number of hydrogen-bond donors (Lipinski definition) is 1. The van der Waals surface area contributed by atoms with E-state index < -0.39 is 11.8 Å². The van der Waals surface area contributed by atoms with Crippen molar-refractivity contribution in [2.45, 2.75) is 38.3 Å². The van der Waals surface area contributed by atoms with E-state index in [-0.39, 0.29) is 11.1 Å². The van der Waals surface area contributed by atoms with Crippen LogP contribution in [0.1, 0.15) is 47.7 Å². The molecule has 3 nitrogen and oxygen atoms in total. The molecular weight excluding hydrogens is 305 g/mol. The monoisotopic (exact) mass is 327 g/mol. The number of likely N-dealkylation sites (tertiary alicyclic amines) is 1. The maximum Gasteiger partial charge on any atom is 0.336 e. The van der Waals surface area contributed by atoms with E-state index in [4.69, 9.17) is 0 Å². The van der Waals surface area contributed by atoms with Crippen molar-refractivity contribution in [1.29, 1.82) is 0 Å². The molecule has 0 bridgehead atoms. The maximum absolute atomic E-state index is 13.4. The normalized spacial score (nSPS) is 20.2. The Kier molecular flexibility index (Phi) is 4.41. The molecule has 2 aromatic carbocycles. The van der Waals surface area contributed by atoms with Crippen LogP contribution in [0.2, 0.25) is 0 Å². The lowest BCUT2D eigenvalue weighted by Crippen LogP contribution is -2.37. The van der Waals surface area contributed by atoms with Gasteiger partial charge < -0.3 is 5.11 Å². The minimum Gasteiger partial charge on any atom is -0.478 e. The van der Waals surface area contributed by atoms with Crippen LogP contribution in [-0.4, -0.2) is 28.1 Å². The highest BCUT2D eigenvalue weighted by Gasteiger charge is 2.39. The lowest BCUT2D eigenvalue weighted by molar-refractivity contribution is 0.0692. The number of carboxylic acid groups (broad SMARTS) is 1. The number of aromatic carboxylic acids is 1. The van der Waals surface area contributed by atoms with Crippen molar-refractivity contribution < 1.29 is 14.3 Å². The Labute approximate surface area is 141 Å². The summed E-state index contributed by atoms with van der Waals surface area (Å²) in [6, 6.07) is 14.4. The average molecular weight is 327 g/mol. The second kappa shape index (κ2) is 6.36. The summed E-state index contributed by atoms with van der Waals surface area (Å²) < 4.78 is 13.4. The van der Waals surface area contributed by atoms with Crippen molar-refractivity contribution in [3.63, 3.8) is 0 Å². The van der Waals surface area contributed by atoms with Gasteiger partial charge in [0.15, 0.2) is 0 Å². The third-order valence-electron chi connectivity index (χ3n) is 4.98. The van der Waals surface area contributed by atoms with Crippen LogP contribution < -0.4 is 0 Å². The predicted octanol–water partition coefficient (Wildman–Crippen LogP) is 4.29. The summed E-state index contributed by atoms with van der Waals surface area (Å²) >= 11 is 0. The van der Waals surface area contributed by atoms with Crippen LogP contribution in [0, 0.1) is 5.82 Å². The third kappa shape index (κ3) is 3.34. The van der Waals surface area contributed by atoms with E-state index in [9.17, 15) is 14.3 Å². The number of carbonyl (C=O) groups is 1. The number of carboxylic acids is 1. The number of hydrogen-bond acceptors (Lipinski definition) is 2. The number of rotatable bonds is 4. The molecule has 1 N–H and O–H groups in total. The highest BCUT2D eigenvalue weighted by atomic mass is 19.1. The second-order valence-corrected chi connectivity index (χ2v) is 7.11. The fourth-order valence-electron chi connectivity index (χ4n) is 3.63. The lowest BCUT2D eigenvalue weighted by Gasteiger charge is -2.31. The molecule has 1 atom stereocenters. The van der Waals surface area contributed by atoms with Crippen LogP contribution in [0.4, 0.5) is 4.39 Å². The van der Waals surface area contributed by atoms with Gasteiger partial charge in [-0.25, -0.2) is 9.18 Å². The quantitative estimate of drug-likeness (QED) is 0.910. The first-order chi connectivity index (χ1) is 11.4. The van der Waals surface area contributed by atoms with Crippen LogP contribution >= 0.6 is 0 Å². The van der Waals surface area contributed by atoms with Gasteiger partial charge in [0, 0.05) is 18.6 Å². The van der Waals surface area contributed by atoms with E-state index in [1.807, 2.05) is 18.2 Å². The Morgan fingerprint density at radius 2 is 1.96 bits per heavy atom. The van der Waals surface area contributed by atoms with Crippen LogP contribution in [-0.2, 0) is 6.54 Å². The van der Waals surface area contributed by atoms with Crippen molar-refractivity contribution in [3.8, 4) is 0 Å². The second-order valence-electron chi connectivity index (χ2n) is 7.11. The summed E-state index contributed by atoms with van der Waals surface area (Å²) in [7, 11) is 0. The van der Waals surface area contributed by atoms with Gasteiger partial charge >= 0.3 is 5.97 Å². The summed E-state index contributed by atoms with van der Waals surface area (Å²) in [5.41, 5.74) is 1.98. The molecule has 0 aliphatic carbocycles. The molecule has 126 valence electrons. The van der Waals surface area contributed by atoms with Crippen molar-refractivity contribution in [2.24, 2.45) is 0 Å². The molecule has 0 saturated carbocycles. The number of nitrogens with zero attached hydrogens (tertiary/aromatic N) is 1. The van der Waals surface area contributed by atoms with Crippen LogP contribution in [0.15, 0.2) is 48.5 Å². The first-order valence-corrected chi connectivity index (χ1v) is 8.18. The van der Waals surface area contributed by atoms with Crippen molar-refractivity contribution in [2.75, 3.05) is 6.54 Å². The fraction of sp³-hybridized carbons (Fsp3) is 0.350. The number of halogens is 1. The van der Waals surface area contributed by atoms with Crippen LogP contribution in [0.3, 0.4) is 0 Å². The molecule has 1 fully saturated rings. The molecule has 0 aromatic heterocycles. The maximum atomic E-state index is 13.4. The van der Waals surface area contributed by atoms with Gasteiger partial charge in [0.2, 0.25) is 0 Å². The minimum absolute atomic E-state index is 0.0370. The Hall–Kier alpha value is -2.20. The Bertz CT molecular complexity index is 743. The SMILES string of the molecule is CC1(C)CC(c2ccccc2)CN1Cc1ccc(F)cc1C(=O)O. The van der Waals surface area contributed by atoms with Gasteiger partial charge in [0.1, 0.15) is 5.82 Å². The van der Waals surface area contributed by atoms with E-state index in [2.05, 4.69) is 30.9 Å². The Morgan fingerprint density at radius 1 is 1.25 bits per heavy atom. The molecule has 0 amide bonds. The zero-order valence-electron chi connectivity index (χ0n) is 14.0. The molecule has 1 aliphatic heterocycles. The van der Waals surface area contributed by atoms with Gasteiger partial charge in [0.25, 0.3) is 0 Å². The van der Waals surface area contributed by atoms with Crippen LogP contribution in [0.25, 0.3) is 0 Å². The average Bonchev–Trinajstić information content (AvgIpc) is 2.84. The fourth-order valence-corrected chi connectivity index (χ4v) is 3.63. The highest BCUT2D eigenvalue weighted by Crippen LogP contribution is 2.39. The standard InChI is InChI=1S/C20H22FNO2/c1-20(2)11-16(14-6-4-3-5-7-14)13-22(20)12-15-8-9-17(21)10-18(15)19(23)24/h3-10,16H,11-13H2,1-2H3,(H,23,24). The largest absolute Gasteiger partial charge is 0.478 e. The van der Waals surface area contributed by atoms with Gasteiger partial charge in [-0.3, -0.25) is 4.90 Å². The Balaban J connectivity index is 1.84. The molecule has 1 unspecified atom stereocenters. The van der Waals surface area contributed by atoms with Gasteiger partial charge in [-0.1, -0.05) is 36.4 Å². The molecular formula is C20H22FNO2. The van der Waals surface area contributed by atoms with E-state index >= 15 is 0 Å². The topological polar surface area (TPSA) is 40.5 Å². The van der Waals surface area contributed by atoms with Crippen LogP contribution in [0.5, 0.6) is 0 Å². The third-order valence-corrected chi connectivity index (χ3v) is 4.98. The highest BCUT2D eigenvalue weighted by molar-refractivity contribution is 5.89. The van der Waals surface area contributed by atoms with Crippen molar-refractivity contribution in [1.82, 2.24) is 4.90 Å². The zero-order valence-corrected chi connectivity index (χ0v) is 14.0. The minimum atomic E-state index is -1.08. The Morgan fingerprint density at radius 3 is 2.62 bits per heavy atom. The van der Waals surface area contributed by atoms with Gasteiger partial charge in [-0.2, -0.15) is 0 Å². The first kappa shape index (κ1) is 16.7. The summed E-state index contributed by atoms with van der Waals surface area (Å²) in [4.78, 5) is 13.7. The van der Waals surface area contributed by atoms with E-state index in [0.717, 1.165) is 19.0 Å². The summed E-state index contributed by atoms with van der Waals surface area (Å²) in [5, 5.41) is 9.34. The van der Waals surface area contributed by atoms with Gasteiger partial charge in [-0.05, 0) is 49.4 Å². The summed E-state index contributed by atoms with van der Waals surface area (Å²) in [5.74, 6) is -1.17. The molecule has 0 radical (unpaired) electrons. The van der Waals surface area contributed by atoms with Gasteiger partial charge in [-0.15, -0.1) is 0 Å². The first-order valence-electron chi connectivity index (χ1n) is 8.18. The molecule has 1 heterocycles. The predicted molar refractivity (Wildman–Crippen MR) is 91.6 cm³/mol. The van der Waals surface area contributed by atoms with Crippen molar-refractivity contribution in [3.05, 3.63) is 71.0 Å². The zero-order chi connectivity index (χ0) is 17.3. The molecule has 2 aromatic rings. The summed E-state index contributed by atoms with van der Waals surface area (Å²) in [6.07, 6.45) is 1.01. The molecule has 0 spiro atoms. The lowest BCUT2D eigenvalue weighted by atomic mass is 9.91. The van der Waals surface area contributed by atoms with E-state index in [1.54, 1.807) is 6.07 Å². The molecule has 4 heteroatoms. The molecule has 1 saturated heterocycles. The smallest absolute Gasteiger partial charge is 0.336 e. The van der Waals surface area contributed by atoms with E-state index in [1.165, 1.54) is 11.6 Å². The molecule has 3 rings (SSSR count). The van der Waals surface area contributed by atoms with Crippen molar-refractivity contribution >= 4 is 5.97 Å². The molecule has 24 heavy (non-hydrogen) atoms. The molecule has 1 aliphatic rings. The van der Waals surface area contributed by atoms with E-state index in [0.29, 0.717) is 18.0 Å². The van der Waals surface area contributed by atoms with Gasteiger partial charge in [0.05, 0.1) is 5.56 Å². The number of benzene rings is 2. The summed E-state index contributed by atoms with van der Waals surface area (Å²) in [6.45, 7) is 5.74.